The molecule has 0 radical (unpaired) electrons. The summed E-state index contributed by atoms with van der Waals surface area (Å²) in [6.45, 7) is 6.11. The van der Waals surface area contributed by atoms with Crippen LogP contribution in [0.5, 0.6) is 0 Å². The van der Waals surface area contributed by atoms with Crippen LogP contribution in [0.2, 0.25) is 0 Å². The van der Waals surface area contributed by atoms with E-state index in [9.17, 15) is 14.4 Å². The van der Waals surface area contributed by atoms with Gasteiger partial charge in [0.15, 0.2) is 0 Å². The van der Waals surface area contributed by atoms with Gasteiger partial charge in [0.05, 0.1) is 12.0 Å². The Hall–Kier alpha value is -2.26. The Morgan fingerprint density at radius 3 is 2.58 bits per heavy atom. The first-order valence-electron chi connectivity index (χ1n) is 8.26. The van der Waals surface area contributed by atoms with E-state index in [4.69, 9.17) is 15.2 Å². The lowest BCUT2D eigenvalue weighted by atomic mass is 10.1. The van der Waals surface area contributed by atoms with Crippen molar-refractivity contribution in [2.75, 3.05) is 20.3 Å². The van der Waals surface area contributed by atoms with E-state index >= 15 is 0 Å². The number of ether oxygens (including phenoxy) is 2. The van der Waals surface area contributed by atoms with Crippen LogP contribution in [0.3, 0.4) is 0 Å². The first-order valence-corrected chi connectivity index (χ1v) is 9.07. The molecule has 0 bridgehead atoms. The predicted octanol–water partition coefficient (Wildman–Crippen LogP) is 1.57. The largest absolute Gasteiger partial charge is 0.459 e. The van der Waals surface area contributed by atoms with E-state index in [-0.39, 0.29) is 31.0 Å². The highest BCUT2D eigenvalue weighted by molar-refractivity contribution is 7.20. The van der Waals surface area contributed by atoms with Crippen LogP contribution in [0.4, 0.5) is 0 Å². The van der Waals surface area contributed by atoms with Gasteiger partial charge in [0, 0.05) is 26.0 Å². The van der Waals surface area contributed by atoms with Gasteiger partial charge in [-0.25, -0.2) is 9.78 Å². The molecule has 0 fully saturated rings. The maximum atomic E-state index is 13.0. The third kappa shape index (κ3) is 4.10. The summed E-state index contributed by atoms with van der Waals surface area (Å²) >= 11 is 1.14. The van der Waals surface area contributed by atoms with Crippen molar-refractivity contribution in [3.05, 3.63) is 26.6 Å². The van der Waals surface area contributed by atoms with Crippen LogP contribution in [0.25, 0.3) is 10.2 Å². The minimum Gasteiger partial charge on any atom is -0.459 e. The highest BCUT2D eigenvalue weighted by Gasteiger charge is 2.23. The minimum atomic E-state index is -0.503. The molecule has 142 valence electrons. The van der Waals surface area contributed by atoms with Crippen molar-refractivity contribution in [1.82, 2.24) is 9.55 Å². The van der Waals surface area contributed by atoms with Crippen molar-refractivity contribution < 1.29 is 19.1 Å². The minimum absolute atomic E-state index is 0.0283. The number of amides is 1. The molecule has 8 nitrogen and oxygen atoms in total. The number of carbonyl (C=O) groups is 2. The molecule has 0 aromatic carbocycles. The standard InChI is InChI=1S/C17H23N3O5S/c1-9(2)14-19-15-12(16(22)20(14)6-5-11(18)21)10(3)13(26-15)17(23)25-8-7-24-4/h9H,5-8H2,1-4H3,(H2,18,21). The quantitative estimate of drug-likeness (QED) is 0.548. The number of rotatable bonds is 8. The summed E-state index contributed by atoms with van der Waals surface area (Å²) in [5, 5.41) is 0.377. The van der Waals surface area contributed by atoms with Crippen LogP contribution in [-0.2, 0) is 20.8 Å². The Morgan fingerprint density at radius 1 is 1.31 bits per heavy atom. The molecule has 2 aromatic rings. The Kier molecular flexibility index (Phi) is 6.49. The molecule has 0 atom stereocenters. The number of nitrogens with zero attached hydrogens (tertiary/aromatic N) is 2. The molecular weight excluding hydrogens is 358 g/mol. The van der Waals surface area contributed by atoms with Crippen molar-refractivity contribution in [2.24, 2.45) is 5.73 Å². The zero-order valence-electron chi connectivity index (χ0n) is 15.3. The predicted molar refractivity (Wildman–Crippen MR) is 98.7 cm³/mol. The van der Waals surface area contributed by atoms with Crippen LogP contribution in [0, 0.1) is 6.92 Å². The number of fused-ring (bicyclic) bond motifs is 1. The third-order valence-corrected chi connectivity index (χ3v) is 5.05. The Balaban J connectivity index is 2.54. The second-order valence-corrected chi connectivity index (χ2v) is 7.16. The lowest BCUT2D eigenvalue weighted by Gasteiger charge is -2.14. The number of nitrogens with two attached hydrogens (primary N) is 1. The maximum Gasteiger partial charge on any atom is 0.348 e. The van der Waals surface area contributed by atoms with Gasteiger partial charge >= 0.3 is 5.97 Å². The van der Waals surface area contributed by atoms with Gasteiger partial charge in [-0.2, -0.15) is 0 Å². The van der Waals surface area contributed by atoms with Gasteiger partial charge in [-0.05, 0) is 12.5 Å². The average Bonchev–Trinajstić information content (AvgIpc) is 2.90. The zero-order chi connectivity index (χ0) is 19.4. The number of primary amides is 1. The van der Waals surface area contributed by atoms with Gasteiger partial charge < -0.3 is 15.2 Å². The second-order valence-electron chi connectivity index (χ2n) is 6.16. The van der Waals surface area contributed by atoms with Crippen molar-refractivity contribution in [3.63, 3.8) is 0 Å². The van der Waals surface area contributed by atoms with Crippen LogP contribution >= 0.6 is 11.3 Å². The van der Waals surface area contributed by atoms with Crippen molar-refractivity contribution in [3.8, 4) is 0 Å². The van der Waals surface area contributed by atoms with E-state index in [0.717, 1.165) is 11.3 Å². The summed E-state index contributed by atoms with van der Waals surface area (Å²) in [5.41, 5.74) is 5.48. The molecule has 2 rings (SSSR count). The zero-order valence-corrected chi connectivity index (χ0v) is 16.1. The molecule has 0 saturated carbocycles. The van der Waals surface area contributed by atoms with Crippen LogP contribution < -0.4 is 11.3 Å². The van der Waals surface area contributed by atoms with Gasteiger partial charge in [0.1, 0.15) is 22.1 Å². The SMILES string of the molecule is COCCOC(=O)c1sc2nc(C(C)C)n(CCC(N)=O)c(=O)c2c1C. The number of carbonyl (C=O) groups excluding carboxylic acids is 2. The molecule has 9 heteroatoms. The lowest BCUT2D eigenvalue weighted by molar-refractivity contribution is -0.118. The average molecular weight is 381 g/mol. The monoisotopic (exact) mass is 381 g/mol. The van der Waals surface area contributed by atoms with E-state index in [1.165, 1.54) is 11.7 Å². The summed E-state index contributed by atoms with van der Waals surface area (Å²) in [6.07, 6.45) is 0.0436. The van der Waals surface area contributed by atoms with E-state index in [1.54, 1.807) is 6.92 Å². The van der Waals surface area contributed by atoms with Gasteiger partial charge in [-0.1, -0.05) is 13.8 Å². The lowest BCUT2D eigenvalue weighted by Crippen LogP contribution is -2.28. The molecule has 26 heavy (non-hydrogen) atoms. The van der Waals surface area contributed by atoms with E-state index in [1.807, 2.05) is 13.8 Å². The Morgan fingerprint density at radius 2 is 2.00 bits per heavy atom. The van der Waals surface area contributed by atoms with Gasteiger partial charge in [-0.15, -0.1) is 11.3 Å². The van der Waals surface area contributed by atoms with Crippen LogP contribution in [0.1, 0.15) is 47.2 Å². The topological polar surface area (TPSA) is 114 Å². The molecule has 2 N–H and O–H groups in total. The summed E-state index contributed by atoms with van der Waals surface area (Å²) in [4.78, 5) is 41.8. The van der Waals surface area contributed by atoms with Gasteiger partial charge in [0.2, 0.25) is 5.91 Å². The molecular formula is C17H23N3O5S. The van der Waals surface area contributed by atoms with Gasteiger partial charge in [0.25, 0.3) is 5.56 Å². The second kappa shape index (κ2) is 8.41. The van der Waals surface area contributed by atoms with E-state index in [0.29, 0.717) is 33.1 Å². The molecule has 2 heterocycles. The molecule has 0 unspecified atom stereocenters. The number of hydrogen-bond acceptors (Lipinski definition) is 7. The number of thiophene rings is 1. The summed E-state index contributed by atoms with van der Waals surface area (Å²) < 4.78 is 11.5. The molecule has 0 aliphatic heterocycles. The summed E-state index contributed by atoms with van der Waals surface area (Å²) in [6, 6.07) is 0. The first kappa shape index (κ1) is 20.1. The van der Waals surface area contributed by atoms with Crippen molar-refractivity contribution in [2.45, 2.75) is 39.7 Å². The molecule has 0 aliphatic rings. The number of esters is 1. The first-order chi connectivity index (χ1) is 12.3. The number of aromatic nitrogens is 2. The molecule has 0 spiro atoms. The highest BCUT2D eigenvalue weighted by atomic mass is 32.1. The Labute approximate surface area is 154 Å². The fourth-order valence-electron chi connectivity index (χ4n) is 2.59. The number of methoxy groups -OCH3 is 1. The summed E-state index contributed by atoms with van der Waals surface area (Å²) in [5.74, 6) is -0.461. The normalized spacial score (nSPS) is 11.3. The third-order valence-electron chi connectivity index (χ3n) is 3.88. The molecule has 0 aliphatic carbocycles. The highest BCUT2D eigenvalue weighted by Crippen LogP contribution is 2.29. The fourth-order valence-corrected chi connectivity index (χ4v) is 3.66. The molecule has 1 amide bonds. The van der Waals surface area contributed by atoms with Crippen LogP contribution in [0.15, 0.2) is 4.79 Å². The van der Waals surface area contributed by atoms with Crippen LogP contribution in [-0.4, -0.2) is 41.8 Å². The fraction of sp³-hybridized carbons (Fsp3) is 0.529. The molecule has 0 saturated heterocycles. The summed E-state index contributed by atoms with van der Waals surface area (Å²) in [7, 11) is 1.52. The van der Waals surface area contributed by atoms with Gasteiger partial charge in [-0.3, -0.25) is 14.2 Å². The number of hydrogen-bond donors (Lipinski definition) is 1. The van der Waals surface area contributed by atoms with E-state index < -0.39 is 11.9 Å². The van der Waals surface area contributed by atoms with Crippen molar-refractivity contribution >= 4 is 33.4 Å². The maximum absolute atomic E-state index is 13.0. The van der Waals surface area contributed by atoms with Crippen molar-refractivity contribution in [1.29, 1.82) is 0 Å². The van der Waals surface area contributed by atoms with E-state index in [2.05, 4.69) is 4.98 Å². The smallest absolute Gasteiger partial charge is 0.348 e. The molecule has 2 aromatic heterocycles. The Bertz CT molecular complexity index is 885. The number of aryl methyl sites for hydroxylation is 1.